The number of amides is 1. The van der Waals surface area contributed by atoms with Crippen molar-refractivity contribution in [3.63, 3.8) is 0 Å². The molecule has 1 saturated heterocycles. The summed E-state index contributed by atoms with van der Waals surface area (Å²) in [5, 5.41) is 0. The Hall–Kier alpha value is -1.39. The van der Waals surface area contributed by atoms with E-state index in [0.29, 0.717) is 26.2 Å². The summed E-state index contributed by atoms with van der Waals surface area (Å²) in [4.78, 5) is 14.4. The molecule has 0 radical (unpaired) electrons. The largest absolute Gasteiger partial charge is 0.365 e. The van der Waals surface area contributed by atoms with Crippen LogP contribution in [0.15, 0.2) is 30.3 Å². The van der Waals surface area contributed by atoms with Crippen LogP contribution in [-0.2, 0) is 16.1 Å². The predicted octanol–water partition coefficient (Wildman–Crippen LogP) is 1.54. The Kier molecular flexibility index (Phi) is 4.56. The Morgan fingerprint density at radius 1 is 1.42 bits per heavy atom. The third-order valence-corrected chi connectivity index (χ3v) is 3.57. The van der Waals surface area contributed by atoms with Crippen molar-refractivity contribution < 1.29 is 9.53 Å². The Morgan fingerprint density at radius 2 is 2.16 bits per heavy atom. The SMILES string of the molecule is CC1(C(=O)N(CCN)Cc2ccccc2)CCCO1. The van der Waals surface area contributed by atoms with E-state index in [0.717, 1.165) is 18.4 Å². The molecule has 0 aromatic heterocycles. The van der Waals surface area contributed by atoms with Gasteiger partial charge in [0.2, 0.25) is 0 Å². The van der Waals surface area contributed by atoms with Gasteiger partial charge in [-0.05, 0) is 25.3 Å². The minimum absolute atomic E-state index is 0.0549. The molecule has 1 heterocycles. The summed E-state index contributed by atoms with van der Waals surface area (Å²) in [5.74, 6) is 0.0549. The molecule has 1 fully saturated rings. The predicted molar refractivity (Wildman–Crippen MR) is 74.5 cm³/mol. The lowest BCUT2D eigenvalue weighted by Crippen LogP contribution is -2.48. The first-order valence-electron chi connectivity index (χ1n) is 6.83. The van der Waals surface area contributed by atoms with Crippen LogP contribution < -0.4 is 5.73 Å². The number of carbonyl (C=O) groups excluding carboxylic acids is 1. The van der Waals surface area contributed by atoms with E-state index in [4.69, 9.17) is 10.5 Å². The minimum Gasteiger partial charge on any atom is -0.365 e. The molecular formula is C15H22N2O2. The molecule has 1 amide bonds. The van der Waals surface area contributed by atoms with Crippen molar-refractivity contribution in [2.45, 2.75) is 31.9 Å². The molecule has 104 valence electrons. The molecule has 1 aromatic carbocycles. The molecule has 2 N–H and O–H groups in total. The van der Waals surface area contributed by atoms with Crippen molar-refractivity contribution in [3.8, 4) is 0 Å². The van der Waals surface area contributed by atoms with Crippen molar-refractivity contribution in [2.75, 3.05) is 19.7 Å². The summed E-state index contributed by atoms with van der Waals surface area (Å²) in [6.07, 6.45) is 1.74. The zero-order valence-electron chi connectivity index (χ0n) is 11.5. The van der Waals surface area contributed by atoms with E-state index in [-0.39, 0.29) is 5.91 Å². The third kappa shape index (κ3) is 3.33. The molecule has 19 heavy (non-hydrogen) atoms. The van der Waals surface area contributed by atoms with Crippen LogP contribution in [0, 0.1) is 0 Å². The van der Waals surface area contributed by atoms with Crippen molar-refractivity contribution in [1.29, 1.82) is 0 Å². The molecule has 1 atom stereocenters. The molecule has 0 aliphatic carbocycles. The van der Waals surface area contributed by atoms with Crippen molar-refractivity contribution in [3.05, 3.63) is 35.9 Å². The minimum atomic E-state index is -0.663. The number of carbonyl (C=O) groups is 1. The number of hydrogen-bond acceptors (Lipinski definition) is 3. The van der Waals surface area contributed by atoms with Crippen LogP contribution in [0.25, 0.3) is 0 Å². The van der Waals surface area contributed by atoms with Gasteiger partial charge >= 0.3 is 0 Å². The van der Waals surface area contributed by atoms with Crippen LogP contribution in [0.5, 0.6) is 0 Å². The van der Waals surface area contributed by atoms with Crippen molar-refractivity contribution in [2.24, 2.45) is 5.73 Å². The number of nitrogens with two attached hydrogens (primary N) is 1. The number of rotatable bonds is 5. The fourth-order valence-electron chi connectivity index (χ4n) is 2.49. The maximum atomic E-state index is 12.6. The molecule has 1 unspecified atom stereocenters. The summed E-state index contributed by atoms with van der Waals surface area (Å²) in [6, 6.07) is 9.98. The first-order chi connectivity index (χ1) is 9.15. The highest BCUT2D eigenvalue weighted by molar-refractivity contribution is 5.85. The number of hydrogen-bond donors (Lipinski definition) is 1. The number of ether oxygens (including phenoxy) is 1. The van der Waals surface area contributed by atoms with Crippen molar-refractivity contribution >= 4 is 5.91 Å². The summed E-state index contributed by atoms with van der Waals surface area (Å²) in [7, 11) is 0. The smallest absolute Gasteiger partial charge is 0.254 e. The Labute approximate surface area is 114 Å². The van der Waals surface area contributed by atoms with E-state index in [1.807, 2.05) is 37.3 Å². The zero-order valence-corrected chi connectivity index (χ0v) is 11.5. The first kappa shape index (κ1) is 14.0. The average Bonchev–Trinajstić information content (AvgIpc) is 2.87. The highest BCUT2D eigenvalue weighted by Gasteiger charge is 2.40. The topological polar surface area (TPSA) is 55.6 Å². The normalized spacial score (nSPS) is 22.4. The van der Waals surface area contributed by atoms with Gasteiger partial charge in [-0.3, -0.25) is 4.79 Å². The van der Waals surface area contributed by atoms with E-state index in [1.165, 1.54) is 0 Å². The highest BCUT2D eigenvalue weighted by Crippen LogP contribution is 2.27. The van der Waals surface area contributed by atoms with Crippen LogP contribution in [-0.4, -0.2) is 36.1 Å². The summed E-state index contributed by atoms with van der Waals surface area (Å²) >= 11 is 0. The Morgan fingerprint density at radius 3 is 2.74 bits per heavy atom. The maximum absolute atomic E-state index is 12.6. The molecule has 1 aliphatic heterocycles. The van der Waals surface area contributed by atoms with Gasteiger partial charge in [0.05, 0.1) is 0 Å². The highest BCUT2D eigenvalue weighted by atomic mass is 16.5. The van der Waals surface area contributed by atoms with E-state index in [2.05, 4.69) is 0 Å². The van der Waals surface area contributed by atoms with Gasteiger partial charge in [-0.2, -0.15) is 0 Å². The van der Waals surface area contributed by atoms with Crippen LogP contribution in [0.2, 0.25) is 0 Å². The number of benzene rings is 1. The second-order valence-electron chi connectivity index (χ2n) is 5.18. The van der Waals surface area contributed by atoms with Gasteiger partial charge in [-0.25, -0.2) is 0 Å². The molecule has 1 aliphatic rings. The van der Waals surface area contributed by atoms with Gasteiger partial charge in [0.25, 0.3) is 5.91 Å². The standard InChI is InChI=1S/C15H22N2O2/c1-15(8-5-11-19-15)14(18)17(10-9-16)12-13-6-3-2-4-7-13/h2-4,6-7H,5,8-12,16H2,1H3. The second-order valence-corrected chi connectivity index (χ2v) is 5.18. The Bertz CT molecular complexity index is 413. The lowest BCUT2D eigenvalue weighted by atomic mass is 10.0. The van der Waals surface area contributed by atoms with E-state index < -0.39 is 5.60 Å². The number of nitrogens with zero attached hydrogens (tertiary/aromatic N) is 1. The second kappa shape index (κ2) is 6.17. The summed E-state index contributed by atoms with van der Waals surface area (Å²) in [5.41, 5.74) is 6.08. The van der Waals surface area contributed by atoms with Gasteiger partial charge in [0.1, 0.15) is 5.60 Å². The maximum Gasteiger partial charge on any atom is 0.254 e. The van der Waals surface area contributed by atoms with Crippen molar-refractivity contribution in [1.82, 2.24) is 4.90 Å². The Balaban J connectivity index is 2.09. The van der Waals surface area contributed by atoms with Crippen LogP contribution >= 0.6 is 0 Å². The molecule has 0 bridgehead atoms. The van der Waals surface area contributed by atoms with Gasteiger partial charge in [-0.1, -0.05) is 30.3 Å². The lowest BCUT2D eigenvalue weighted by molar-refractivity contribution is -0.151. The van der Waals surface area contributed by atoms with Gasteiger partial charge < -0.3 is 15.4 Å². The molecule has 0 spiro atoms. The van der Waals surface area contributed by atoms with Crippen LogP contribution in [0.4, 0.5) is 0 Å². The monoisotopic (exact) mass is 262 g/mol. The van der Waals surface area contributed by atoms with Crippen LogP contribution in [0.1, 0.15) is 25.3 Å². The molecule has 1 aromatic rings. The zero-order chi connectivity index (χ0) is 13.7. The molecule has 0 saturated carbocycles. The van der Waals surface area contributed by atoms with Gasteiger partial charge in [-0.15, -0.1) is 0 Å². The van der Waals surface area contributed by atoms with E-state index >= 15 is 0 Å². The summed E-state index contributed by atoms with van der Waals surface area (Å²) in [6.45, 7) is 4.18. The fraction of sp³-hybridized carbons (Fsp3) is 0.533. The first-order valence-corrected chi connectivity index (χ1v) is 6.83. The van der Waals surface area contributed by atoms with E-state index in [9.17, 15) is 4.79 Å². The molecule has 4 nitrogen and oxygen atoms in total. The average molecular weight is 262 g/mol. The van der Waals surface area contributed by atoms with Gasteiger partial charge in [0, 0.05) is 26.2 Å². The molecule has 2 rings (SSSR count). The quantitative estimate of drug-likeness (QED) is 0.875. The summed E-state index contributed by atoms with van der Waals surface area (Å²) < 4.78 is 5.64. The van der Waals surface area contributed by atoms with E-state index in [1.54, 1.807) is 4.90 Å². The lowest BCUT2D eigenvalue weighted by Gasteiger charge is -2.31. The van der Waals surface area contributed by atoms with Crippen LogP contribution in [0.3, 0.4) is 0 Å². The molecule has 4 heteroatoms. The molecular weight excluding hydrogens is 240 g/mol. The van der Waals surface area contributed by atoms with Gasteiger partial charge in [0.15, 0.2) is 0 Å². The fourth-order valence-corrected chi connectivity index (χ4v) is 2.49. The third-order valence-electron chi connectivity index (χ3n) is 3.57.